The van der Waals surface area contributed by atoms with Gasteiger partial charge in [-0.1, -0.05) is 12.1 Å². The number of para-hydroxylation sites is 2. The zero-order valence-electron chi connectivity index (χ0n) is 16.7. The van der Waals surface area contributed by atoms with Crippen LogP contribution in [0.25, 0.3) is 33.2 Å². The summed E-state index contributed by atoms with van der Waals surface area (Å²) < 4.78 is 1.89. The van der Waals surface area contributed by atoms with Crippen LogP contribution in [0.2, 0.25) is 0 Å². The number of aromatic amines is 1. The summed E-state index contributed by atoms with van der Waals surface area (Å²) in [7, 11) is 0. The Morgan fingerprint density at radius 2 is 2.00 bits per heavy atom. The van der Waals surface area contributed by atoms with Gasteiger partial charge < -0.3 is 20.4 Å². The van der Waals surface area contributed by atoms with Gasteiger partial charge in [-0.05, 0) is 31.2 Å². The molecule has 0 unspecified atom stereocenters. The van der Waals surface area contributed by atoms with E-state index >= 15 is 0 Å². The van der Waals surface area contributed by atoms with Crippen molar-refractivity contribution in [2.75, 3.05) is 6.54 Å². The van der Waals surface area contributed by atoms with E-state index in [0.717, 1.165) is 12.3 Å². The van der Waals surface area contributed by atoms with Crippen molar-refractivity contribution >= 4 is 33.6 Å². The van der Waals surface area contributed by atoms with Crippen LogP contribution >= 0.6 is 0 Å². The van der Waals surface area contributed by atoms with Gasteiger partial charge >= 0.3 is 0 Å². The Hall–Kier alpha value is -4.05. The number of aliphatic carboxylic acids is 1. The molecule has 0 amide bonds. The largest absolute Gasteiger partial charge is 0.481 e. The van der Waals surface area contributed by atoms with Crippen LogP contribution in [0, 0.1) is 10.1 Å². The minimum atomic E-state index is -0.833. The van der Waals surface area contributed by atoms with Crippen molar-refractivity contribution in [3.8, 4) is 11.3 Å². The van der Waals surface area contributed by atoms with Crippen molar-refractivity contribution < 1.29 is 14.8 Å². The van der Waals surface area contributed by atoms with E-state index in [2.05, 4.69) is 9.97 Å². The minimum Gasteiger partial charge on any atom is -0.481 e. The van der Waals surface area contributed by atoms with Crippen molar-refractivity contribution in [3.63, 3.8) is 0 Å². The van der Waals surface area contributed by atoms with Crippen molar-refractivity contribution in [2.45, 2.75) is 19.9 Å². The molecule has 0 radical (unpaired) electrons. The number of aryl methyl sites for hydroxylation is 1. The third-order valence-corrected chi connectivity index (χ3v) is 4.53. The van der Waals surface area contributed by atoms with E-state index in [1.165, 1.54) is 12.1 Å². The zero-order chi connectivity index (χ0) is 22.5. The quantitative estimate of drug-likeness (QED) is 0.329. The number of aromatic nitrogens is 3. The van der Waals surface area contributed by atoms with Gasteiger partial charge in [0.1, 0.15) is 5.69 Å². The monoisotopic (exact) mass is 423 g/mol. The molecule has 0 saturated carbocycles. The van der Waals surface area contributed by atoms with E-state index in [-0.39, 0.29) is 11.2 Å². The number of H-pyrrole nitrogens is 1. The fourth-order valence-corrected chi connectivity index (χ4v) is 3.24. The normalized spacial score (nSPS) is 10.6. The van der Waals surface area contributed by atoms with E-state index in [0.29, 0.717) is 47.3 Å². The number of rotatable bonds is 5. The van der Waals surface area contributed by atoms with Crippen LogP contribution in [-0.2, 0) is 11.3 Å². The molecule has 10 nitrogen and oxygen atoms in total. The Labute approximate surface area is 176 Å². The molecule has 0 fully saturated rings. The Kier molecular flexibility index (Phi) is 6.41. The molecule has 31 heavy (non-hydrogen) atoms. The summed E-state index contributed by atoms with van der Waals surface area (Å²) in [6.45, 7) is 2.18. The Morgan fingerprint density at radius 3 is 2.68 bits per heavy atom. The maximum Gasteiger partial charge on any atom is 0.300 e. The highest BCUT2D eigenvalue weighted by Crippen LogP contribution is 2.31. The molecule has 2 aromatic carbocycles. The summed E-state index contributed by atoms with van der Waals surface area (Å²) in [5, 5.41) is 19.3. The number of nitrogens with one attached hydrogen (secondary N) is 1. The maximum absolute atomic E-state index is 12.6. The highest BCUT2D eigenvalue weighted by atomic mass is 16.6. The number of hydrogen-bond donors (Lipinski definition) is 3. The van der Waals surface area contributed by atoms with E-state index < -0.39 is 10.9 Å². The predicted octanol–water partition coefficient (Wildman–Crippen LogP) is 2.89. The van der Waals surface area contributed by atoms with Gasteiger partial charge in [0.15, 0.2) is 0 Å². The van der Waals surface area contributed by atoms with Crippen LogP contribution in [0.15, 0.2) is 53.5 Å². The Morgan fingerprint density at radius 1 is 1.29 bits per heavy atom. The van der Waals surface area contributed by atoms with Crippen LogP contribution in [0.4, 0.5) is 5.69 Å². The molecule has 2 aromatic heterocycles. The molecule has 4 aromatic rings. The molecule has 0 saturated heterocycles. The molecule has 0 spiro atoms. The SMILES string of the molecule is CC(=O)O.NCCCn1cc(-c2nc3ccccc3[nH]c2=O)c2ccc([N+](=O)[O-])cc21. The fourth-order valence-electron chi connectivity index (χ4n) is 3.24. The van der Waals surface area contributed by atoms with Gasteiger partial charge in [0, 0.05) is 42.7 Å². The summed E-state index contributed by atoms with van der Waals surface area (Å²) in [5.74, 6) is -0.833. The van der Waals surface area contributed by atoms with Gasteiger partial charge in [0.05, 0.1) is 21.5 Å². The third kappa shape index (κ3) is 4.75. The summed E-state index contributed by atoms with van der Waals surface area (Å²) in [5.41, 5.74) is 8.27. The minimum absolute atomic E-state index is 0.00142. The van der Waals surface area contributed by atoms with E-state index in [4.69, 9.17) is 15.6 Å². The standard InChI is InChI=1S/C19H17N5O3.C2H4O2/c20-8-3-9-23-11-14(13-7-6-12(24(26)27)10-17(13)23)18-19(25)22-16-5-2-1-4-15(16)21-18;1-2(3)4/h1-2,4-7,10-11H,3,8-9,20H2,(H,22,25);1H3,(H,3,4). The number of carbonyl (C=O) groups is 1. The van der Waals surface area contributed by atoms with Crippen molar-refractivity contribution in [2.24, 2.45) is 5.73 Å². The number of benzene rings is 2. The number of nitro groups is 1. The lowest BCUT2D eigenvalue weighted by atomic mass is 10.1. The Bertz CT molecular complexity index is 1320. The van der Waals surface area contributed by atoms with E-state index in [1.807, 2.05) is 29.0 Å². The van der Waals surface area contributed by atoms with Crippen molar-refractivity contribution in [3.05, 3.63) is 69.1 Å². The number of carboxylic acids is 1. The molecule has 10 heteroatoms. The summed E-state index contributed by atoms with van der Waals surface area (Å²) in [6, 6.07) is 11.9. The first-order valence-electron chi connectivity index (χ1n) is 9.48. The van der Waals surface area contributed by atoms with Crippen LogP contribution < -0.4 is 11.3 Å². The smallest absolute Gasteiger partial charge is 0.300 e. The van der Waals surface area contributed by atoms with Crippen molar-refractivity contribution in [1.82, 2.24) is 14.5 Å². The predicted molar refractivity (Wildman–Crippen MR) is 117 cm³/mol. The second-order valence-corrected chi connectivity index (χ2v) is 6.79. The van der Waals surface area contributed by atoms with Crippen molar-refractivity contribution in [1.29, 1.82) is 0 Å². The van der Waals surface area contributed by atoms with Crippen LogP contribution in [0.1, 0.15) is 13.3 Å². The first kappa shape index (κ1) is 21.7. The molecule has 0 aliphatic heterocycles. The van der Waals surface area contributed by atoms with E-state index in [9.17, 15) is 14.9 Å². The van der Waals surface area contributed by atoms with Gasteiger partial charge in [-0.15, -0.1) is 0 Å². The summed E-state index contributed by atoms with van der Waals surface area (Å²) >= 11 is 0. The topological polar surface area (TPSA) is 157 Å². The van der Waals surface area contributed by atoms with E-state index in [1.54, 1.807) is 12.1 Å². The number of nitrogens with two attached hydrogens (primary N) is 1. The average molecular weight is 423 g/mol. The second kappa shape index (κ2) is 9.18. The number of hydrogen-bond acceptors (Lipinski definition) is 6. The lowest BCUT2D eigenvalue weighted by Gasteiger charge is -2.03. The maximum atomic E-state index is 12.6. The fraction of sp³-hybridized carbons (Fsp3) is 0.190. The van der Waals surface area contributed by atoms with Gasteiger partial charge in [-0.25, -0.2) is 4.98 Å². The second-order valence-electron chi connectivity index (χ2n) is 6.79. The number of nitrogens with zero attached hydrogens (tertiary/aromatic N) is 3. The number of fused-ring (bicyclic) bond motifs is 2. The molecular formula is C21H21N5O5. The molecule has 0 aliphatic carbocycles. The molecule has 160 valence electrons. The number of non-ortho nitro benzene ring substituents is 1. The lowest BCUT2D eigenvalue weighted by Crippen LogP contribution is -2.11. The van der Waals surface area contributed by atoms with Crippen LogP contribution in [0.3, 0.4) is 0 Å². The molecule has 0 bridgehead atoms. The number of nitro benzene ring substituents is 1. The third-order valence-electron chi connectivity index (χ3n) is 4.53. The molecule has 0 aliphatic rings. The van der Waals surface area contributed by atoms with Gasteiger partial charge in [0.25, 0.3) is 17.2 Å². The van der Waals surface area contributed by atoms with Gasteiger partial charge in [0.2, 0.25) is 0 Å². The summed E-state index contributed by atoms with van der Waals surface area (Å²) in [6.07, 6.45) is 2.53. The van der Waals surface area contributed by atoms with Crippen LogP contribution in [0.5, 0.6) is 0 Å². The first-order valence-corrected chi connectivity index (χ1v) is 9.48. The molecular weight excluding hydrogens is 402 g/mol. The summed E-state index contributed by atoms with van der Waals surface area (Å²) in [4.78, 5) is 39.7. The lowest BCUT2D eigenvalue weighted by molar-refractivity contribution is -0.384. The Balaban J connectivity index is 0.000000628. The molecule has 0 atom stereocenters. The molecule has 2 heterocycles. The first-order chi connectivity index (χ1) is 14.8. The molecule has 4 rings (SSSR count). The zero-order valence-corrected chi connectivity index (χ0v) is 16.7. The average Bonchev–Trinajstić information content (AvgIpc) is 3.09. The molecule has 4 N–H and O–H groups in total. The highest BCUT2D eigenvalue weighted by molar-refractivity contribution is 5.96. The number of carboxylic acid groups (broad SMARTS) is 1. The van der Waals surface area contributed by atoms with Gasteiger partial charge in [-0.2, -0.15) is 0 Å². The van der Waals surface area contributed by atoms with Crippen LogP contribution in [-0.4, -0.2) is 37.1 Å². The van der Waals surface area contributed by atoms with Gasteiger partial charge in [-0.3, -0.25) is 19.7 Å². The highest BCUT2D eigenvalue weighted by Gasteiger charge is 2.18.